The lowest BCUT2D eigenvalue weighted by molar-refractivity contribution is 0.720. The van der Waals surface area contributed by atoms with Gasteiger partial charge in [-0.3, -0.25) is 0 Å². The molecule has 0 radical (unpaired) electrons. The van der Waals surface area contributed by atoms with Crippen LogP contribution < -0.4 is 15.5 Å². The van der Waals surface area contributed by atoms with Crippen LogP contribution in [0.2, 0.25) is 10.2 Å². The van der Waals surface area contributed by atoms with Crippen LogP contribution >= 0.6 is 35.4 Å². The Hall–Kier alpha value is -2.41. The molecule has 1 aliphatic rings. The molecule has 4 rings (SSSR count). The molecule has 29 heavy (non-hydrogen) atoms. The lowest BCUT2D eigenvalue weighted by Gasteiger charge is -2.30. The van der Waals surface area contributed by atoms with Gasteiger partial charge in [-0.1, -0.05) is 65.7 Å². The largest absolute Gasteiger partial charge is 0.358 e. The van der Waals surface area contributed by atoms with Gasteiger partial charge in [0.05, 0.1) is 0 Å². The van der Waals surface area contributed by atoms with Crippen molar-refractivity contribution in [3.8, 4) is 0 Å². The number of nitrogens with one attached hydrogen (secondary N) is 2. The van der Waals surface area contributed by atoms with E-state index in [1.807, 2.05) is 24.3 Å². The standard InChI is InChI=1S/C21H19Cl2N5S/c22-17-8-4-3-6-15(17)12-24-21(29)27-20-25-18(23)11-19(26-20)28-10-9-14-5-1-2-7-16(14)13-28/h1-8,11H,9-10,12-13H2,(H2,24,25,26,27,29). The van der Waals surface area contributed by atoms with Crippen molar-refractivity contribution in [1.29, 1.82) is 0 Å². The van der Waals surface area contributed by atoms with Crippen LogP contribution in [0.25, 0.3) is 0 Å². The van der Waals surface area contributed by atoms with E-state index in [1.165, 1.54) is 11.1 Å². The fourth-order valence-electron chi connectivity index (χ4n) is 3.28. The van der Waals surface area contributed by atoms with Crippen molar-refractivity contribution in [2.45, 2.75) is 19.5 Å². The number of anilines is 2. The van der Waals surface area contributed by atoms with E-state index in [1.54, 1.807) is 6.07 Å². The molecule has 0 aliphatic carbocycles. The highest BCUT2D eigenvalue weighted by atomic mass is 35.5. The Bertz CT molecular complexity index is 1040. The van der Waals surface area contributed by atoms with E-state index in [9.17, 15) is 0 Å². The molecule has 0 unspecified atom stereocenters. The van der Waals surface area contributed by atoms with Gasteiger partial charge in [-0.15, -0.1) is 0 Å². The van der Waals surface area contributed by atoms with E-state index >= 15 is 0 Å². The SMILES string of the molecule is S=C(NCc1ccccc1Cl)Nc1nc(Cl)cc(N2CCc3ccccc3C2)n1. The first-order valence-electron chi connectivity index (χ1n) is 9.23. The van der Waals surface area contributed by atoms with Gasteiger partial charge in [0.1, 0.15) is 11.0 Å². The summed E-state index contributed by atoms with van der Waals surface area (Å²) in [5.41, 5.74) is 3.64. The van der Waals surface area contributed by atoms with Crippen molar-refractivity contribution in [3.05, 3.63) is 81.5 Å². The Morgan fingerprint density at radius 2 is 1.79 bits per heavy atom. The van der Waals surface area contributed by atoms with Gasteiger partial charge in [-0.05, 0) is 41.4 Å². The minimum atomic E-state index is 0.364. The molecule has 0 atom stereocenters. The molecule has 0 saturated heterocycles. The molecule has 0 spiro atoms. The van der Waals surface area contributed by atoms with Gasteiger partial charge in [-0.2, -0.15) is 4.98 Å². The highest BCUT2D eigenvalue weighted by Crippen LogP contribution is 2.25. The molecular formula is C21H19Cl2N5S. The molecule has 0 saturated carbocycles. The summed E-state index contributed by atoms with van der Waals surface area (Å²) in [7, 11) is 0. The van der Waals surface area contributed by atoms with Gasteiger partial charge >= 0.3 is 0 Å². The summed E-state index contributed by atoms with van der Waals surface area (Å²) in [5.74, 6) is 1.14. The minimum absolute atomic E-state index is 0.364. The second-order valence-electron chi connectivity index (χ2n) is 6.71. The third-order valence-corrected chi connectivity index (χ3v) is 5.57. The maximum absolute atomic E-state index is 6.25. The molecule has 1 aromatic heterocycles. The lowest BCUT2D eigenvalue weighted by Crippen LogP contribution is -2.32. The van der Waals surface area contributed by atoms with E-state index in [-0.39, 0.29) is 0 Å². The number of hydrogen-bond donors (Lipinski definition) is 2. The Morgan fingerprint density at radius 3 is 2.62 bits per heavy atom. The molecule has 1 aliphatic heterocycles. The molecular weight excluding hydrogens is 425 g/mol. The van der Waals surface area contributed by atoms with Crippen LogP contribution in [-0.2, 0) is 19.5 Å². The molecule has 0 amide bonds. The smallest absolute Gasteiger partial charge is 0.232 e. The van der Waals surface area contributed by atoms with Gasteiger partial charge in [0.25, 0.3) is 0 Å². The number of fused-ring (bicyclic) bond motifs is 1. The van der Waals surface area contributed by atoms with E-state index in [0.717, 1.165) is 30.9 Å². The molecule has 2 N–H and O–H groups in total. The van der Waals surface area contributed by atoms with Crippen LogP contribution in [0, 0.1) is 0 Å². The summed E-state index contributed by atoms with van der Waals surface area (Å²) in [6.45, 7) is 2.17. The number of hydrogen-bond acceptors (Lipinski definition) is 4. The second-order valence-corrected chi connectivity index (χ2v) is 7.91. The van der Waals surface area contributed by atoms with Crippen molar-refractivity contribution in [3.63, 3.8) is 0 Å². The van der Waals surface area contributed by atoms with Crippen LogP contribution in [0.3, 0.4) is 0 Å². The van der Waals surface area contributed by atoms with Crippen molar-refractivity contribution in [2.24, 2.45) is 0 Å². The Labute approximate surface area is 185 Å². The normalized spacial score (nSPS) is 13.0. The number of halogens is 2. The summed E-state index contributed by atoms with van der Waals surface area (Å²) in [6, 6.07) is 17.9. The topological polar surface area (TPSA) is 53.1 Å². The zero-order valence-electron chi connectivity index (χ0n) is 15.5. The Balaban J connectivity index is 1.43. The quantitative estimate of drug-likeness (QED) is 0.444. The highest BCUT2D eigenvalue weighted by molar-refractivity contribution is 7.80. The number of rotatable bonds is 4. The first-order valence-corrected chi connectivity index (χ1v) is 10.4. The summed E-state index contributed by atoms with van der Waals surface area (Å²) in [4.78, 5) is 11.1. The zero-order valence-corrected chi connectivity index (χ0v) is 17.9. The molecule has 0 fully saturated rings. The van der Waals surface area contributed by atoms with E-state index in [0.29, 0.717) is 27.8 Å². The first-order chi connectivity index (χ1) is 14.1. The summed E-state index contributed by atoms with van der Waals surface area (Å²) in [6.07, 6.45) is 0.971. The van der Waals surface area contributed by atoms with Crippen LogP contribution in [0.15, 0.2) is 54.6 Å². The van der Waals surface area contributed by atoms with Crippen molar-refractivity contribution in [1.82, 2.24) is 15.3 Å². The summed E-state index contributed by atoms with van der Waals surface area (Å²) >= 11 is 17.8. The van der Waals surface area contributed by atoms with Gasteiger partial charge in [0, 0.05) is 30.7 Å². The van der Waals surface area contributed by atoms with Crippen molar-refractivity contribution >= 4 is 52.3 Å². The number of nitrogens with zero attached hydrogens (tertiary/aromatic N) is 3. The predicted octanol–water partition coefficient (Wildman–Crippen LogP) is 4.83. The number of benzene rings is 2. The van der Waals surface area contributed by atoms with Gasteiger partial charge in [-0.25, -0.2) is 4.98 Å². The second kappa shape index (κ2) is 8.95. The average molecular weight is 444 g/mol. The summed E-state index contributed by atoms with van der Waals surface area (Å²) < 4.78 is 0. The minimum Gasteiger partial charge on any atom is -0.358 e. The van der Waals surface area contributed by atoms with Crippen molar-refractivity contribution < 1.29 is 0 Å². The van der Waals surface area contributed by atoms with Crippen LogP contribution in [0.5, 0.6) is 0 Å². The Kier molecular flexibility index (Phi) is 6.13. The summed E-state index contributed by atoms with van der Waals surface area (Å²) in [5, 5.41) is 7.59. The van der Waals surface area contributed by atoms with Gasteiger partial charge < -0.3 is 15.5 Å². The monoisotopic (exact) mass is 443 g/mol. The van der Waals surface area contributed by atoms with Gasteiger partial charge in [0.15, 0.2) is 5.11 Å². The zero-order chi connectivity index (χ0) is 20.2. The van der Waals surface area contributed by atoms with E-state index in [4.69, 9.17) is 35.4 Å². The van der Waals surface area contributed by atoms with E-state index < -0.39 is 0 Å². The van der Waals surface area contributed by atoms with Gasteiger partial charge in [0.2, 0.25) is 5.95 Å². The molecule has 3 aromatic rings. The third kappa shape index (κ3) is 4.96. The molecule has 2 heterocycles. The highest BCUT2D eigenvalue weighted by Gasteiger charge is 2.18. The fraction of sp³-hybridized carbons (Fsp3) is 0.190. The molecule has 2 aromatic carbocycles. The third-order valence-electron chi connectivity index (χ3n) is 4.76. The van der Waals surface area contributed by atoms with E-state index in [2.05, 4.69) is 49.8 Å². The predicted molar refractivity (Wildman–Crippen MR) is 123 cm³/mol. The first kappa shape index (κ1) is 19.9. The molecule has 148 valence electrons. The lowest BCUT2D eigenvalue weighted by atomic mass is 10.00. The fourth-order valence-corrected chi connectivity index (χ4v) is 3.82. The van der Waals surface area contributed by atoms with Crippen LogP contribution in [0.4, 0.5) is 11.8 Å². The average Bonchev–Trinajstić information content (AvgIpc) is 2.72. The maximum Gasteiger partial charge on any atom is 0.232 e. The Morgan fingerprint density at radius 1 is 1.03 bits per heavy atom. The molecule has 5 nitrogen and oxygen atoms in total. The number of aromatic nitrogens is 2. The molecule has 8 heteroatoms. The van der Waals surface area contributed by atoms with Crippen LogP contribution in [-0.4, -0.2) is 21.6 Å². The maximum atomic E-state index is 6.25. The van der Waals surface area contributed by atoms with Crippen molar-refractivity contribution in [2.75, 3.05) is 16.8 Å². The number of thiocarbonyl (C=S) groups is 1. The van der Waals surface area contributed by atoms with Crippen LogP contribution in [0.1, 0.15) is 16.7 Å². The molecule has 0 bridgehead atoms.